The highest BCUT2D eigenvalue weighted by Crippen LogP contribution is 2.27. The Hall–Kier alpha value is -1.77. The third kappa shape index (κ3) is 2.33. The van der Waals surface area contributed by atoms with Crippen LogP contribution in [0.5, 0.6) is 0 Å². The van der Waals surface area contributed by atoms with Crippen molar-refractivity contribution < 1.29 is 0 Å². The lowest BCUT2D eigenvalue weighted by Gasteiger charge is -2.05. The standard InChI is InChI=1S/C14H19N3/c1-4-10-15-14-11(2)13(16-17(14)3)12-8-6-5-7-9-12/h5-9,15H,4,10H2,1-3H3. The van der Waals surface area contributed by atoms with Crippen molar-refractivity contribution in [1.82, 2.24) is 9.78 Å². The highest BCUT2D eigenvalue weighted by molar-refractivity contribution is 5.68. The van der Waals surface area contributed by atoms with Crippen LogP contribution in [0.15, 0.2) is 30.3 Å². The van der Waals surface area contributed by atoms with Gasteiger partial charge in [0.1, 0.15) is 5.82 Å². The average Bonchev–Trinajstić information content (AvgIpc) is 2.64. The Balaban J connectivity index is 2.37. The molecule has 0 radical (unpaired) electrons. The molecule has 3 nitrogen and oxygen atoms in total. The first-order chi connectivity index (χ1) is 8.24. The molecule has 0 spiro atoms. The number of aromatic nitrogens is 2. The molecule has 0 amide bonds. The molecule has 1 N–H and O–H groups in total. The van der Waals surface area contributed by atoms with Crippen LogP contribution in [0, 0.1) is 6.92 Å². The van der Waals surface area contributed by atoms with Crippen LogP contribution in [0.25, 0.3) is 11.3 Å². The maximum absolute atomic E-state index is 4.59. The number of hydrogen-bond donors (Lipinski definition) is 1. The summed E-state index contributed by atoms with van der Waals surface area (Å²) < 4.78 is 1.92. The zero-order valence-electron chi connectivity index (χ0n) is 10.7. The summed E-state index contributed by atoms with van der Waals surface area (Å²) in [7, 11) is 1.98. The Bertz CT molecular complexity index is 486. The van der Waals surface area contributed by atoms with Crippen LogP contribution in [0.1, 0.15) is 18.9 Å². The molecule has 0 saturated carbocycles. The first-order valence-corrected chi connectivity index (χ1v) is 6.07. The lowest BCUT2D eigenvalue weighted by Crippen LogP contribution is -2.06. The van der Waals surface area contributed by atoms with E-state index < -0.39 is 0 Å². The van der Waals surface area contributed by atoms with E-state index in [9.17, 15) is 0 Å². The highest BCUT2D eigenvalue weighted by atomic mass is 15.3. The van der Waals surface area contributed by atoms with Crippen molar-refractivity contribution >= 4 is 5.82 Å². The van der Waals surface area contributed by atoms with E-state index in [1.54, 1.807) is 0 Å². The summed E-state index contributed by atoms with van der Waals surface area (Å²) in [5, 5.41) is 8.01. The van der Waals surface area contributed by atoms with Gasteiger partial charge in [-0.1, -0.05) is 37.3 Å². The smallest absolute Gasteiger partial charge is 0.127 e. The molecule has 0 aliphatic heterocycles. The van der Waals surface area contributed by atoms with Crippen molar-refractivity contribution in [2.24, 2.45) is 7.05 Å². The molecule has 1 heterocycles. The van der Waals surface area contributed by atoms with Crippen molar-refractivity contribution in [2.75, 3.05) is 11.9 Å². The molecule has 2 aromatic rings. The van der Waals surface area contributed by atoms with Gasteiger partial charge in [-0.3, -0.25) is 4.68 Å². The van der Waals surface area contributed by atoms with E-state index >= 15 is 0 Å². The van der Waals surface area contributed by atoms with Crippen LogP contribution in [0.2, 0.25) is 0 Å². The normalized spacial score (nSPS) is 10.5. The van der Waals surface area contributed by atoms with Gasteiger partial charge in [0.25, 0.3) is 0 Å². The van der Waals surface area contributed by atoms with Gasteiger partial charge in [0.05, 0.1) is 5.69 Å². The average molecular weight is 229 g/mol. The highest BCUT2D eigenvalue weighted by Gasteiger charge is 2.12. The van der Waals surface area contributed by atoms with Crippen LogP contribution in [-0.2, 0) is 7.05 Å². The molecule has 0 aliphatic rings. The number of benzene rings is 1. The van der Waals surface area contributed by atoms with E-state index in [-0.39, 0.29) is 0 Å². The van der Waals surface area contributed by atoms with Crippen LogP contribution in [0.4, 0.5) is 5.82 Å². The van der Waals surface area contributed by atoms with Crippen LogP contribution >= 0.6 is 0 Å². The zero-order chi connectivity index (χ0) is 12.3. The molecular formula is C14H19N3. The Morgan fingerprint density at radius 2 is 1.94 bits per heavy atom. The second kappa shape index (κ2) is 5.04. The van der Waals surface area contributed by atoms with Gasteiger partial charge in [-0.25, -0.2) is 0 Å². The Morgan fingerprint density at radius 3 is 2.59 bits per heavy atom. The molecule has 0 saturated heterocycles. The van der Waals surface area contributed by atoms with Gasteiger partial charge in [0.15, 0.2) is 0 Å². The van der Waals surface area contributed by atoms with E-state index in [2.05, 4.69) is 36.4 Å². The Kier molecular flexibility index (Phi) is 3.47. The minimum atomic E-state index is 0.981. The molecule has 0 unspecified atom stereocenters. The number of rotatable bonds is 4. The van der Waals surface area contributed by atoms with Gasteiger partial charge >= 0.3 is 0 Å². The molecule has 0 fully saturated rings. The molecule has 17 heavy (non-hydrogen) atoms. The first kappa shape index (κ1) is 11.7. The van der Waals surface area contributed by atoms with E-state index in [1.807, 2.05) is 29.9 Å². The lowest BCUT2D eigenvalue weighted by molar-refractivity contribution is 0.769. The number of hydrogen-bond acceptors (Lipinski definition) is 2. The predicted molar refractivity (Wildman–Crippen MR) is 72.2 cm³/mol. The third-order valence-electron chi connectivity index (χ3n) is 2.87. The predicted octanol–water partition coefficient (Wildman–Crippen LogP) is 3.22. The molecule has 1 aromatic carbocycles. The van der Waals surface area contributed by atoms with Crippen molar-refractivity contribution in [3.05, 3.63) is 35.9 Å². The zero-order valence-corrected chi connectivity index (χ0v) is 10.7. The maximum Gasteiger partial charge on any atom is 0.127 e. The fourth-order valence-electron chi connectivity index (χ4n) is 1.99. The van der Waals surface area contributed by atoms with Gasteiger partial charge < -0.3 is 5.32 Å². The minimum Gasteiger partial charge on any atom is -0.370 e. The SMILES string of the molecule is CCCNc1c(C)c(-c2ccccc2)nn1C. The van der Waals surface area contributed by atoms with Crippen molar-refractivity contribution in [3.8, 4) is 11.3 Å². The van der Waals surface area contributed by atoms with Gasteiger partial charge in [0, 0.05) is 24.7 Å². The monoisotopic (exact) mass is 229 g/mol. The molecule has 3 heteroatoms. The number of aryl methyl sites for hydroxylation is 1. The molecule has 0 aliphatic carbocycles. The summed E-state index contributed by atoms with van der Waals surface area (Å²) in [4.78, 5) is 0. The van der Waals surface area contributed by atoms with Crippen molar-refractivity contribution in [3.63, 3.8) is 0 Å². The molecule has 0 bridgehead atoms. The van der Waals surface area contributed by atoms with Crippen LogP contribution in [0.3, 0.4) is 0 Å². The Labute approximate surface area is 102 Å². The van der Waals surface area contributed by atoms with Gasteiger partial charge in [-0.2, -0.15) is 5.10 Å². The molecule has 0 atom stereocenters. The molecule has 90 valence electrons. The van der Waals surface area contributed by atoms with Gasteiger partial charge in [-0.05, 0) is 13.3 Å². The largest absolute Gasteiger partial charge is 0.370 e. The quantitative estimate of drug-likeness (QED) is 0.872. The summed E-state index contributed by atoms with van der Waals surface area (Å²) in [6.07, 6.45) is 1.12. The molecule has 1 aromatic heterocycles. The molecule has 2 rings (SSSR count). The minimum absolute atomic E-state index is 0.981. The van der Waals surface area contributed by atoms with Gasteiger partial charge in [0.2, 0.25) is 0 Å². The summed E-state index contributed by atoms with van der Waals surface area (Å²) >= 11 is 0. The van der Waals surface area contributed by atoms with E-state index in [0.29, 0.717) is 0 Å². The van der Waals surface area contributed by atoms with Gasteiger partial charge in [-0.15, -0.1) is 0 Å². The first-order valence-electron chi connectivity index (χ1n) is 6.07. The topological polar surface area (TPSA) is 29.9 Å². The number of nitrogens with zero attached hydrogens (tertiary/aromatic N) is 2. The van der Waals surface area contributed by atoms with Crippen molar-refractivity contribution in [1.29, 1.82) is 0 Å². The Morgan fingerprint density at radius 1 is 1.24 bits per heavy atom. The summed E-state index contributed by atoms with van der Waals surface area (Å²) in [5.41, 5.74) is 3.45. The number of nitrogens with one attached hydrogen (secondary N) is 1. The third-order valence-corrected chi connectivity index (χ3v) is 2.87. The summed E-state index contributed by atoms with van der Waals surface area (Å²) in [6.45, 7) is 5.26. The number of anilines is 1. The lowest BCUT2D eigenvalue weighted by atomic mass is 10.1. The summed E-state index contributed by atoms with van der Waals surface area (Å²) in [5.74, 6) is 1.12. The maximum atomic E-state index is 4.59. The van der Waals surface area contributed by atoms with Crippen LogP contribution in [-0.4, -0.2) is 16.3 Å². The van der Waals surface area contributed by atoms with Crippen LogP contribution < -0.4 is 5.32 Å². The van der Waals surface area contributed by atoms with E-state index in [1.165, 1.54) is 11.1 Å². The molecular weight excluding hydrogens is 210 g/mol. The van der Waals surface area contributed by atoms with E-state index in [4.69, 9.17) is 0 Å². The summed E-state index contributed by atoms with van der Waals surface area (Å²) in [6, 6.07) is 10.3. The second-order valence-electron chi connectivity index (χ2n) is 4.24. The van der Waals surface area contributed by atoms with Crippen molar-refractivity contribution in [2.45, 2.75) is 20.3 Å². The van der Waals surface area contributed by atoms with E-state index in [0.717, 1.165) is 24.5 Å². The fraction of sp³-hybridized carbons (Fsp3) is 0.357. The second-order valence-corrected chi connectivity index (χ2v) is 4.24. The fourth-order valence-corrected chi connectivity index (χ4v) is 1.99.